The molecule has 134 valence electrons. The summed E-state index contributed by atoms with van der Waals surface area (Å²) >= 11 is 1.61. The second-order valence-electron chi connectivity index (χ2n) is 6.14. The number of morpholine rings is 1. The maximum atomic E-state index is 13.8. The maximum Gasteiger partial charge on any atom is 0.232 e. The van der Waals surface area contributed by atoms with Crippen LogP contribution in [0.3, 0.4) is 0 Å². The Morgan fingerprint density at radius 2 is 2.08 bits per heavy atom. The second kappa shape index (κ2) is 7.72. The molecule has 3 heterocycles. The monoisotopic (exact) mass is 364 g/mol. The molecule has 0 spiro atoms. The lowest BCUT2D eigenvalue weighted by Gasteiger charge is -2.28. The molecular weight excluding hydrogens is 343 g/mol. The van der Waals surface area contributed by atoms with Crippen molar-refractivity contribution in [2.24, 2.45) is 0 Å². The molecule has 0 radical (unpaired) electrons. The highest BCUT2D eigenvalue weighted by Gasteiger charge is 2.23. The summed E-state index contributed by atoms with van der Waals surface area (Å²) in [5.41, 5.74) is 0.737. The van der Waals surface area contributed by atoms with Gasteiger partial charge < -0.3 is 14.4 Å². The molecule has 25 heavy (non-hydrogen) atoms. The molecule has 1 aromatic heterocycles. The maximum absolute atomic E-state index is 13.8. The quantitative estimate of drug-likeness (QED) is 0.760. The third-order valence-electron chi connectivity index (χ3n) is 4.40. The van der Waals surface area contributed by atoms with Crippen molar-refractivity contribution >= 4 is 17.7 Å². The summed E-state index contributed by atoms with van der Waals surface area (Å²) in [4.78, 5) is 2.14. The van der Waals surface area contributed by atoms with Crippen molar-refractivity contribution in [3.8, 4) is 5.69 Å². The van der Waals surface area contributed by atoms with E-state index in [-0.39, 0.29) is 11.9 Å². The molecule has 0 amide bonds. The van der Waals surface area contributed by atoms with E-state index in [0.29, 0.717) is 13.2 Å². The molecule has 0 bridgehead atoms. The Morgan fingerprint density at radius 1 is 1.20 bits per heavy atom. The van der Waals surface area contributed by atoms with Crippen LogP contribution in [-0.2, 0) is 9.47 Å². The number of halogens is 1. The lowest BCUT2D eigenvalue weighted by Crippen LogP contribution is -2.37. The SMILES string of the molecule is Fc1cccc(-n2c(SC[C@@H]3CCCO3)nnc2N2CCOCC2)c1. The molecule has 4 rings (SSSR count). The van der Waals surface area contributed by atoms with Crippen LogP contribution in [0.15, 0.2) is 29.4 Å². The van der Waals surface area contributed by atoms with Crippen LogP contribution in [-0.4, -0.2) is 59.5 Å². The number of hydrogen-bond acceptors (Lipinski definition) is 6. The highest BCUT2D eigenvalue weighted by molar-refractivity contribution is 7.99. The molecule has 6 nitrogen and oxygen atoms in total. The first-order valence-electron chi connectivity index (χ1n) is 8.60. The van der Waals surface area contributed by atoms with Crippen molar-refractivity contribution in [2.45, 2.75) is 24.1 Å². The van der Waals surface area contributed by atoms with Gasteiger partial charge in [0, 0.05) is 25.4 Å². The average molecular weight is 364 g/mol. The Kier molecular flexibility index (Phi) is 5.19. The van der Waals surface area contributed by atoms with Crippen LogP contribution in [0.4, 0.5) is 10.3 Å². The summed E-state index contributed by atoms with van der Waals surface area (Å²) in [5, 5.41) is 9.53. The third-order valence-corrected chi connectivity index (χ3v) is 5.46. The first-order chi connectivity index (χ1) is 12.3. The highest BCUT2D eigenvalue weighted by Crippen LogP contribution is 2.29. The minimum absolute atomic E-state index is 0.259. The van der Waals surface area contributed by atoms with E-state index in [4.69, 9.17) is 9.47 Å². The Balaban J connectivity index is 1.64. The molecule has 8 heteroatoms. The molecule has 0 saturated carbocycles. The summed E-state index contributed by atoms with van der Waals surface area (Å²) in [7, 11) is 0. The number of nitrogens with zero attached hydrogens (tertiary/aromatic N) is 4. The zero-order valence-electron chi connectivity index (χ0n) is 13.9. The van der Waals surface area contributed by atoms with E-state index >= 15 is 0 Å². The number of ether oxygens (including phenoxy) is 2. The van der Waals surface area contributed by atoms with Gasteiger partial charge in [0.2, 0.25) is 5.95 Å². The summed E-state index contributed by atoms with van der Waals surface area (Å²) in [6.07, 6.45) is 2.45. The molecule has 2 saturated heterocycles. The standard InChI is InChI=1S/C17H21FN4O2S/c18-13-3-1-4-14(11-13)22-16(21-6-9-23-10-7-21)19-20-17(22)25-12-15-5-2-8-24-15/h1,3-4,11,15H,2,5-10,12H2/t15-/m0/s1. The number of rotatable bonds is 5. The zero-order chi connectivity index (χ0) is 17.1. The molecule has 2 aliphatic heterocycles. The fourth-order valence-corrected chi connectivity index (χ4v) is 4.12. The van der Waals surface area contributed by atoms with Crippen LogP contribution in [0.5, 0.6) is 0 Å². The lowest BCUT2D eigenvalue weighted by molar-refractivity contribution is 0.122. The van der Waals surface area contributed by atoms with E-state index in [9.17, 15) is 4.39 Å². The molecule has 2 aromatic rings. The van der Waals surface area contributed by atoms with Crippen molar-refractivity contribution in [2.75, 3.05) is 43.6 Å². The van der Waals surface area contributed by atoms with Crippen LogP contribution >= 0.6 is 11.8 Å². The topological polar surface area (TPSA) is 52.4 Å². The molecule has 0 aliphatic carbocycles. The summed E-state index contributed by atoms with van der Waals surface area (Å²) in [6.45, 7) is 3.66. The van der Waals surface area contributed by atoms with E-state index in [0.717, 1.165) is 55.1 Å². The van der Waals surface area contributed by atoms with Crippen molar-refractivity contribution in [3.05, 3.63) is 30.1 Å². The average Bonchev–Trinajstić information content (AvgIpc) is 3.30. The molecule has 1 atom stereocenters. The van der Waals surface area contributed by atoms with Crippen molar-refractivity contribution in [1.29, 1.82) is 0 Å². The van der Waals surface area contributed by atoms with E-state index < -0.39 is 0 Å². The normalized spacial score (nSPS) is 21.0. The van der Waals surface area contributed by atoms with Gasteiger partial charge in [-0.05, 0) is 31.0 Å². The molecule has 2 fully saturated rings. The van der Waals surface area contributed by atoms with Crippen LogP contribution in [0.25, 0.3) is 5.69 Å². The first kappa shape index (κ1) is 16.8. The van der Waals surface area contributed by atoms with Gasteiger partial charge in [-0.1, -0.05) is 17.8 Å². The number of thioether (sulfide) groups is 1. The molecule has 0 unspecified atom stereocenters. The lowest BCUT2D eigenvalue weighted by atomic mass is 10.3. The van der Waals surface area contributed by atoms with Crippen LogP contribution in [0, 0.1) is 5.82 Å². The molecule has 0 N–H and O–H groups in total. The van der Waals surface area contributed by atoms with E-state index in [2.05, 4.69) is 15.1 Å². The smallest absolute Gasteiger partial charge is 0.232 e. The largest absolute Gasteiger partial charge is 0.378 e. The fourth-order valence-electron chi connectivity index (χ4n) is 3.11. The Labute approximate surface area is 150 Å². The predicted octanol–water partition coefficient (Wildman–Crippen LogP) is 2.51. The summed E-state index contributed by atoms with van der Waals surface area (Å²) in [6, 6.07) is 6.56. The molecular formula is C17H21FN4O2S. The van der Waals surface area contributed by atoms with Gasteiger partial charge in [0.25, 0.3) is 0 Å². The predicted molar refractivity (Wildman–Crippen MR) is 94.0 cm³/mol. The van der Waals surface area contributed by atoms with E-state index in [1.54, 1.807) is 17.8 Å². The Hall–Kier alpha value is -1.64. The van der Waals surface area contributed by atoms with Gasteiger partial charge in [-0.3, -0.25) is 4.57 Å². The number of benzene rings is 1. The zero-order valence-corrected chi connectivity index (χ0v) is 14.8. The Morgan fingerprint density at radius 3 is 2.84 bits per heavy atom. The van der Waals surface area contributed by atoms with Crippen LogP contribution in [0.2, 0.25) is 0 Å². The van der Waals surface area contributed by atoms with Crippen molar-refractivity contribution in [3.63, 3.8) is 0 Å². The number of aromatic nitrogens is 3. The molecule has 1 aromatic carbocycles. The van der Waals surface area contributed by atoms with Crippen molar-refractivity contribution in [1.82, 2.24) is 14.8 Å². The van der Waals surface area contributed by atoms with Gasteiger partial charge >= 0.3 is 0 Å². The van der Waals surface area contributed by atoms with Gasteiger partial charge in [-0.25, -0.2) is 4.39 Å². The highest BCUT2D eigenvalue weighted by atomic mass is 32.2. The number of anilines is 1. The minimum Gasteiger partial charge on any atom is -0.378 e. The van der Waals surface area contributed by atoms with Gasteiger partial charge in [-0.2, -0.15) is 0 Å². The fraction of sp³-hybridized carbons (Fsp3) is 0.529. The number of hydrogen-bond donors (Lipinski definition) is 0. The van der Waals surface area contributed by atoms with E-state index in [1.807, 2.05) is 10.6 Å². The van der Waals surface area contributed by atoms with Gasteiger partial charge in [-0.15, -0.1) is 10.2 Å². The third kappa shape index (κ3) is 3.80. The van der Waals surface area contributed by atoms with E-state index in [1.165, 1.54) is 12.1 Å². The van der Waals surface area contributed by atoms with Crippen LogP contribution in [0.1, 0.15) is 12.8 Å². The van der Waals surface area contributed by atoms with Gasteiger partial charge in [0.1, 0.15) is 5.82 Å². The van der Waals surface area contributed by atoms with Gasteiger partial charge in [0.15, 0.2) is 5.16 Å². The van der Waals surface area contributed by atoms with Crippen LogP contribution < -0.4 is 4.90 Å². The Bertz CT molecular complexity index is 714. The molecule has 2 aliphatic rings. The van der Waals surface area contributed by atoms with Gasteiger partial charge in [0.05, 0.1) is 25.0 Å². The minimum atomic E-state index is -0.269. The summed E-state index contributed by atoms with van der Waals surface area (Å²) in [5.74, 6) is 1.30. The van der Waals surface area contributed by atoms with Crippen molar-refractivity contribution < 1.29 is 13.9 Å². The summed E-state index contributed by atoms with van der Waals surface area (Å²) < 4.78 is 26.8. The first-order valence-corrected chi connectivity index (χ1v) is 9.58. The second-order valence-corrected chi connectivity index (χ2v) is 7.13.